The van der Waals surface area contributed by atoms with Gasteiger partial charge < -0.3 is 4.74 Å². The van der Waals surface area contributed by atoms with Crippen molar-refractivity contribution in [3.05, 3.63) is 35.1 Å². The molecule has 0 bridgehead atoms. The van der Waals surface area contributed by atoms with E-state index in [9.17, 15) is 0 Å². The summed E-state index contributed by atoms with van der Waals surface area (Å²) >= 11 is 6.07. The van der Waals surface area contributed by atoms with Gasteiger partial charge in [0.1, 0.15) is 5.75 Å². The van der Waals surface area contributed by atoms with Gasteiger partial charge in [-0.15, -0.1) is 0 Å². The quantitative estimate of drug-likeness (QED) is 0.756. The van der Waals surface area contributed by atoms with Crippen molar-refractivity contribution in [3.8, 4) is 5.75 Å². The van der Waals surface area contributed by atoms with E-state index in [1.165, 1.54) is 0 Å². The number of pyridine rings is 1. The Morgan fingerprint density at radius 1 is 1.18 bits per heavy atom. The van der Waals surface area contributed by atoms with Gasteiger partial charge in [-0.3, -0.25) is 4.98 Å². The molecule has 0 N–H and O–H groups in total. The van der Waals surface area contributed by atoms with E-state index in [4.69, 9.17) is 16.3 Å². The van der Waals surface area contributed by atoms with Gasteiger partial charge in [0.15, 0.2) is 0 Å². The van der Waals surface area contributed by atoms with Crippen molar-refractivity contribution in [3.63, 3.8) is 0 Å². The second-order valence-electron chi connectivity index (χ2n) is 5.12. The van der Waals surface area contributed by atoms with Gasteiger partial charge in [-0.05, 0) is 18.2 Å². The maximum absolute atomic E-state index is 6.07. The molecule has 0 aliphatic heterocycles. The zero-order valence-corrected chi connectivity index (χ0v) is 11.3. The van der Waals surface area contributed by atoms with E-state index in [1.807, 2.05) is 18.2 Å². The summed E-state index contributed by atoms with van der Waals surface area (Å²) in [5, 5.41) is 2.83. The molecule has 0 amide bonds. The highest BCUT2D eigenvalue weighted by molar-refractivity contribution is 6.31. The molecule has 2 rings (SSSR count). The first-order chi connectivity index (χ1) is 7.93. The lowest BCUT2D eigenvalue weighted by Gasteiger charge is -2.20. The normalized spacial score (nSPS) is 11.8. The van der Waals surface area contributed by atoms with Crippen LogP contribution in [-0.4, -0.2) is 12.1 Å². The summed E-state index contributed by atoms with van der Waals surface area (Å²) in [6, 6.07) is 5.80. The van der Waals surface area contributed by atoms with Crippen LogP contribution in [-0.2, 0) is 5.41 Å². The Kier molecular flexibility index (Phi) is 3.00. The number of benzene rings is 1. The number of halogens is 1. The molecule has 1 heterocycles. The number of hydrogen-bond donors (Lipinski definition) is 0. The SMILES string of the molecule is COc1cnc(C(C)(C)C)c2cc(Cl)ccc12. The van der Waals surface area contributed by atoms with Gasteiger partial charge in [-0.2, -0.15) is 0 Å². The zero-order valence-electron chi connectivity index (χ0n) is 10.5. The Labute approximate surface area is 107 Å². The number of fused-ring (bicyclic) bond motifs is 1. The molecular formula is C14H16ClNO. The van der Waals surface area contributed by atoms with Gasteiger partial charge in [-0.1, -0.05) is 32.4 Å². The van der Waals surface area contributed by atoms with E-state index in [2.05, 4.69) is 25.8 Å². The van der Waals surface area contributed by atoms with Crippen molar-refractivity contribution in [2.75, 3.05) is 7.11 Å². The molecule has 0 atom stereocenters. The Balaban J connectivity index is 2.84. The number of methoxy groups -OCH3 is 1. The highest BCUT2D eigenvalue weighted by Crippen LogP contribution is 2.34. The minimum atomic E-state index is -0.0186. The van der Waals surface area contributed by atoms with Crippen LogP contribution in [0, 0.1) is 0 Å². The van der Waals surface area contributed by atoms with Crippen LogP contribution in [0.4, 0.5) is 0 Å². The fraction of sp³-hybridized carbons (Fsp3) is 0.357. The summed E-state index contributed by atoms with van der Waals surface area (Å²) in [5.74, 6) is 0.782. The zero-order chi connectivity index (χ0) is 12.6. The average Bonchev–Trinajstić information content (AvgIpc) is 2.25. The molecule has 90 valence electrons. The molecule has 17 heavy (non-hydrogen) atoms. The van der Waals surface area contributed by atoms with Gasteiger partial charge in [0.05, 0.1) is 19.0 Å². The van der Waals surface area contributed by atoms with E-state index >= 15 is 0 Å². The highest BCUT2D eigenvalue weighted by atomic mass is 35.5. The Morgan fingerprint density at radius 2 is 1.88 bits per heavy atom. The fourth-order valence-electron chi connectivity index (χ4n) is 1.95. The van der Waals surface area contributed by atoms with Gasteiger partial charge in [0, 0.05) is 21.2 Å². The molecule has 0 fully saturated rings. The molecule has 0 aliphatic rings. The number of nitrogens with zero attached hydrogens (tertiary/aromatic N) is 1. The van der Waals surface area contributed by atoms with Gasteiger partial charge in [0.2, 0.25) is 0 Å². The van der Waals surface area contributed by atoms with Crippen molar-refractivity contribution in [2.45, 2.75) is 26.2 Å². The largest absolute Gasteiger partial charge is 0.494 e. The van der Waals surface area contributed by atoms with Crippen molar-refractivity contribution >= 4 is 22.4 Å². The van der Waals surface area contributed by atoms with Gasteiger partial charge >= 0.3 is 0 Å². The van der Waals surface area contributed by atoms with Crippen LogP contribution in [0.25, 0.3) is 10.8 Å². The average molecular weight is 250 g/mol. The molecule has 0 spiro atoms. The van der Waals surface area contributed by atoms with Crippen LogP contribution >= 0.6 is 11.6 Å². The van der Waals surface area contributed by atoms with Crippen LogP contribution in [0.3, 0.4) is 0 Å². The Morgan fingerprint density at radius 3 is 2.47 bits per heavy atom. The van der Waals surface area contributed by atoms with Crippen molar-refractivity contribution in [1.82, 2.24) is 4.98 Å². The standard InChI is InChI=1S/C14H16ClNO/c1-14(2,3)13-11-7-9(15)5-6-10(11)12(17-4)8-16-13/h5-8H,1-4H3. The monoisotopic (exact) mass is 249 g/mol. The number of aromatic nitrogens is 1. The first-order valence-electron chi connectivity index (χ1n) is 5.56. The van der Waals surface area contributed by atoms with Crippen molar-refractivity contribution in [2.24, 2.45) is 0 Å². The molecule has 0 saturated heterocycles. The number of hydrogen-bond acceptors (Lipinski definition) is 2. The summed E-state index contributed by atoms with van der Waals surface area (Å²) < 4.78 is 5.33. The third-order valence-corrected chi connectivity index (χ3v) is 2.98. The lowest BCUT2D eigenvalue weighted by molar-refractivity contribution is 0.417. The molecule has 0 aliphatic carbocycles. The molecule has 1 aromatic carbocycles. The molecule has 1 aromatic heterocycles. The smallest absolute Gasteiger partial charge is 0.144 e. The third kappa shape index (κ3) is 2.22. The number of rotatable bonds is 1. The molecule has 0 saturated carbocycles. The maximum Gasteiger partial charge on any atom is 0.144 e. The van der Waals surface area contributed by atoms with Crippen LogP contribution in [0.2, 0.25) is 5.02 Å². The first kappa shape index (κ1) is 12.2. The summed E-state index contributed by atoms with van der Waals surface area (Å²) in [7, 11) is 1.65. The van der Waals surface area contributed by atoms with E-state index in [0.29, 0.717) is 0 Å². The van der Waals surface area contributed by atoms with E-state index in [0.717, 1.165) is 27.2 Å². The second kappa shape index (κ2) is 4.19. The van der Waals surface area contributed by atoms with Gasteiger partial charge in [0.25, 0.3) is 0 Å². The van der Waals surface area contributed by atoms with E-state index in [-0.39, 0.29) is 5.41 Å². The lowest BCUT2D eigenvalue weighted by Crippen LogP contribution is -2.14. The fourth-order valence-corrected chi connectivity index (χ4v) is 2.12. The predicted molar refractivity (Wildman–Crippen MR) is 72.0 cm³/mol. The van der Waals surface area contributed by atoms with Crippen LogP contribution < -0.4 is 4.74 Å². The molecule has 0 radical (unpaired) electrons. The van der Waals surface area contributed by atoms with Crippen LogP contribution in [0.15, 0.2) is 24.4 Å². The topological polar surface area (TPSA) is 22.1 Å². The minimum Gasteiger partial charge on any atom is -0.494 e. The number of ether oxygens (including phenoxy) is 1. The molecule has 2 nitrogen and oxygen atoms in total. The second-order valence-corrected chi connectivity index (χ2v) is 5.55. The Bertz CT molecular complexity index is 558. The highest BCUT2D eigenvalue weighted by Gasteiger charge is 2.20. The molecule has 3 heteroatoms. The summed E-state index contributed by atoms with van der Waals surface area (Å²) in [6.45, 7) is 6.42. The van der Waals surface area contributed by atoms with Crippen molar-refractivity contribution < 1.29 is 4.74 Å². The van der Waals surface area contributed by atoms with Crippen LogP contribution in [0.1, 0.15) is 26.5 Å². The summed E-state index contributed by atoms with van der Waals surface area (Å²) in [5.41, 5.74) is 1.02. The lowest BCUT2D eigenvalue weighted by atomic mass is 9.88. The minimum absolute atomic E-state index is 0.0186. The van der Waals surface area contributed by atoms with Crippen LogP contribution in [0.5, 0.6) is 5.75 Å². The summed E-state index contributed by atoms with van der Waals surface area (Å²) in [6.07, 6.45) is 1.77. The maximum atomic E-state index is 6.07. The molecular weight excluding hydrogens is 234 g/mol. The third-order valence-electron chi connectivity index (χ3n) is 2.74. The van der Waals surface area contributed by atoms with Gasteiger partial charge in [-0.25, -0.2) is 0 Å². The Hall–Kier alpha value is -1.28. The molecule has 0 unspecified atom stereocenters. The molecule has 2 aromatic rings. The van der Waals surface area contributed by atoms with E-state index in [1.54, 1.807) is 13.3 Å². The predicted octanol–water partition coefficient (Wildman–Crippen LogP) is 4.19. The van der Waals surface area contributed by atoms with Crippen molar-refractivity contribution in [1.29, 1.82) is 0 Å². The first-order valence-corrected chi connectivity index (χ1v) is 5.94. The summed E-state index contributed by atoms with van der Waals surface area (Å²) in [4.78, 5) is 4.51. The van der Waals surface area contributed by atoms with E-state index < -0.39 is 0 Å².